The summed E-state index contributed by atoms with van der Waals surface area (Å²) in [6.45, 7) is 1.04. The Hall–Kier alpha value is -2.96. The van der Waals surface area contributed by atoms with E-state index in [1.54, 1.807) is 29.2 Å². The number of hydrogen-bond acceptors (Lipinski definition) is 4. The number of hydrogen-bond donors (Lipinski definition) is 1. The highest BCUT2D eigenvalue weighted by molar-refractivity contribution is 5.91. The molecule has 136 valence electrons. The van der Waals surface area contributed by atoms with Crippen molar-refractivity contribution >= 4 is 11.8 Å². The largest absolute Gasteiger partial charge is 0.488 e. The minimum Gasteiger partial charge on any atom is -0.488 e. The molecular weight excluding hydrogens is 337 g/mol. The Morgan fingerprint density at radius 3 is 2.88 bits per heavy atom. The average Bonchev–Trinajstić information content (AvgIpc) is 2.64. The summed E-state index contributed by atoms with van der Waals surface area (Å²) in [6.07, 6.45) is 2.87. The maximum absolute atomic E-state index is 13.7. The van der Waals surface area contributed by atoms with Crippen molar-refractivity contribution in [1.29, 1.82) is 0 Å². The second kappa shape index (κ2) is 7.95. The summed E-state index contributed by atoms with van der Waals surface area (Å²) >= 11 is 0. The second-order valence-electron chi connectivity index (χ2n) is 6.23. The molecule has 2 N–H and O–H groups in total. The van der Waals surface area contributed by atoms with Crippen LogP contribution in [0.5, 0.6) is 5.75 Å². The molecule has 1 aliphatic heterocycles. The Morgan fingerprint density at radius 2 is 2.12 bits per heavy atom. The number of benzene rings is 1. The first-order chi connectivity index (χ1) is 12.5. The molecule has 3 rings (SSSR count). The van der Waals surface area contributed by atoms with Gasteiger partial charge in [-0.05, 0) is 30.5 Å². The molecule has 2 aromatic rings. The standard InChI is InChI=1S/C19H20FN3O3/c20-16-6-2-1-4-13(16)10-18(24)23-9-3-5-15(12-23)26-14-7-8-22-17(11-14)19(21)25/h1-2,4,6-8,11,15H,3,5,9-10,12H2,(H2,21,25). The van der Waals surface area contributed by atoms with Crippen molar-refractivity contribution in [1.82, 2.24) is 9.88 Å². The summed E-state index contributed by atoms with van der Waals surface area (Å²) in [5.41, 5.74) is 5.74. The van der Waals surface area contributed by atoms with Gasteiger partial charge in [0.1, 0.15) is 23.4 Å². The average molecular weight is 357 g/mol. The van der Waals surface area contributed by atoms with E-state index in [0.717, 1.165) is 12.8 Å². The van der Waals surface area contributed by atoms with Crippen LogP contribution in [0, 0.1) is 5.82 Å². The van der Waals surface area contributed by atoms with Crippen molar-refractivity contribution in [3.63, 3.8) is 0 Å². The highest BCUT2D eigenvalue weighted by atomic mass is 19.1. The van der Waals surface area contributed by atoms with E-state index in [4.69, 9.17) is 10.5 Å². The summed E-state index contributed by atoms with van der Waals surface area (Å²) in [6, 6.07) is 9.42. The summed E-state index contributed by atoms with van der Waals surface area (Å²) < 4.78 is 19.6. The lowest BCUT2D eigenvalue weighted by Gasteiger charge is -2.33. The van der Waals surface area contributed by atoms with Gasteiger partial charge in [-0.3, -0.25) is 14.6 Å². The number of halogens is 1. The minimum atomic E-state index is -0.624. The van der Waals surface area contributed by atoms with Gasteiger partial charge < -0.3 is 15.4 Å². The molecule has 7 heteroatoms. The third-order valence-corrected chi connectivity index (χ3v) is 4.32. The highest BCUT2D eigenvalue weighted by Crippen LogP contribution is 2.20. The van der Waals surface area contributed by atoms with Crippen LogP contribution in [0.25, 0.3) is 0 Å². The van der Waals surface area contributed by atoms with Crippen LogP contribution in [0.4, 0.5) is 4.39 Å². The number of rotatable bonds is 5. The second-order valence-corrected chi connectivity index (χ2v) is 6.23. The van der Waals surface area contributed by atoms with E-state index in [2.05, 4.69) is 4.98 Å². The topological polar surface area (TPSA) is 85.5 Å². The van der Waals surface area contributed by atoms with Crippen LogP contribution in [0.2, 0.25) is 0 Å². The quantitative estimate of drug-likeness (QED) is 0.886. The molecule has 2 heterocycles. The van der Waals surface area contributed by atoms with Gasteiger partial charge in [0.2, 0.25) is 5.91 Å². The van der Waals surface area contributed by atoms with Crippen molar-refractivity contribution in [2.75, 3.05) is 13.1 Å². The van der Waals surface area contributed by atoms with Gasteiger partial charge in [-0.1, -0.05) is 18.2 Å². The minimum absolute atomic E-state index is 0.0282. The molecule has 0 aliphatic carbocycles. The summed E-state index contributed by atoms with van der Waals surface area (Å²) in [4.78, 5) is 29.3. The molecule has 0 spiro atoms. The van der Waals surface area contributed by atoms with E-state index in [1.807, 2.05) is 0 Å². The molecule has 6 nitrogen and oxygen atoms in total. The number of primary amides is 1. The number of aromatic nitrogens is 1. The van der Waals surface area contributed by atoms with E-state index in [9.17, 15) is 14.0 Å². The van der Waals surface area contributed by atoms with Gasteiger partial charge in [-0.2, -0.15) is 0 Å². The zero-order chi connectivity index (χ0) is 18.5. The third-order valence-electron chi connectivity index (χ3n) is 4.32. The zero-order valence-electron chi connectivity index (χ0n) is 14.2. The lowest BCUT2D eigenvalue weighted by molar-refractivity contribution is -0.133. The Bertz CT molecular complexity index is 812. The van der Waals surface area contributed by atoms with E-state index >= 15 is 0 Å². The van der Waals surface area contributed by atoms with Crippen LogP contribution in [0.15, 0.2) is 42.6 Å². The molecule has 1 unspecified atom stereocenters. The van der Waals surface area contributed by atoms with E-state index in [1.165, 1.54) is 18.3 Å². The molecule has 0 saturated carbocycles. The number of likely N-dealkylation sites (tertiary alicyclic amines) is 1. The van der Waals surface area contributed by atoms with Crippen molar-refractivity contribution in [2.45, 2.75) is 25.4 Å². The fourth-order valence-corrected chi connectivity index (χ4v) is 2.99. The van der Waals surface area contributed by atoms with Crippen LogP contribution >= 0.6 is 0 Å². The van der Waals surface area contributed by atoms with Crippen molar-refractivity contribution < 1.29 is 18.7 Å². The molecule has 1 aromatic carbocycles. The van der Waals surface area contributed by atoms with Crippen molar-refractivity contribution in [2.24, 2.45) is 5.73 Å². The zero-order valence-corrected chi connectivity index (χ0v) is 14.2. The normalized spacial score (nSPS) is 17.0. The van der Waals surface area contributed by atoms with Gasteiger partial charge >= 0.3 is 0 Å². The van der Waals surface area contributed by atoms with Crippen molar-refractivity contribution in [3.05, 3.63) is 59.7 Å². The van der Waals surface area contributed by atoms with Crippen LogP contribution < -0.4 is 10.5 Å². The molecule has 1 saturated heterocycles. The van der Waals surface area contributed by atoms with Crippen LogP contribution in [0.1, 0.15) is 28.9 Å². The van der Waals surface area contributed by atoms with Crippen LogP contribution in [-0.4, -0.2) is 40.9 Å². The van der Waals surface area contributed by atoms with E-state index < -0.39 is 5.91 Å². The predicted octanol–water partition coefficient (Wildman–Crippen LogP) is 1.93. The van der Waals surface area contributed by atoms with Gasteiger partial charge in [0, 0.05) is 18.8 Å². The lowest BCUT2D eigenvalue weighted by Crippen LogP contribution is -2.45. The van der Waals surface area contributed by atoms with Crippen LogP contribution in [-0.2, 0) is 11.2 Å². The predicted molar refractivity (Wildman–Crippen MR) is 93.1 cm³/mol. The number of piperidine rings is 1. The first-order valence-electron chi connectivity index (χ1n) is 8.46. The fraction of sp³-hybridized carbons (Fsp3) is 0.316. The molecule has 1 fully saturated rings. The molecule has 0 bridgehead atoms. The smallest absolute Gasteiger partial charge is 0.267 e. The molecule has 1 atom stereocenters. The number of carbonyl (C=O) groups is 2. The fourth-order valence-electron chi connectivity index (χ4n) is 2.99. The number of nitrogens with two attached hydrogens (primary N) is 1. The van der Waals surface area contributed by atoms with Gasteiger partial charge in [0.15, 0.2) is 0 Å². The van der Waals surface area contributed by atoms with Gasteiger partial charge in [-0.25, -0.2) is 4.39 Å². The summed E-state index contributed by atoms with van der Waals surface area (Å²) in [7, 11) is 0. The van der Waals surface area contributed by atoms with Gasteiger partial charge in [0.05, 0.1) is 13.0 Å². The molecule has 2 amide bonds. The summed E-state index contributed by atoms with van der Waals surface area (Å²) in [5.74, 6) is -0.639. The Labute approximate surface area is 150 Å². The molecule has 1 aromatic heterocycles. The number of pyridine rings is 1. The monoisotopic (exact) mass is 357 g/mol. The lowest BCUT2D eigenvalue weighted by atomic mass is 10.1. The maximum Gasteiger partial charge on any atom is 0.267 e. The van der Waals surface area contributed by atoms with E-state index in [0.29, 0.717) is 24.4 Å². The highest BCUT2D eigenvalue weighted by Gasteiger charge is 2.25. The first kappa shape index (κ1) is 17.8. The maximum atomic E-state index is 13.7. The summed E-state index contributed by atoms with van der Waals surface area (Å²) in [5, 5.41) is 0. The number of nitrogens with zero attached hydrogens (tertiary/aromatic N) is 2. The molecule has 0 radical (unpaired) electrons. The van der Waals surface area contributed by atoms with Gasteiger partial charge in [0.25, 0.3) is 5.91 Å². The van der Waals surface area contributed by atoms with E-state index in [-0.39, 0.29) is 29.9 Å². The Kier molecular flexibility index (Phi) is 5.46. The van der Waals surface area contributed by atoms with Crippen molar-refractivity contribution in [3.8, 4) is 5.75 Å². The van der Waals surface area contributed by atoms with Crippen LogP contribution in [0.3, 0.4) is 0 Å². The Balaban J connectivity index is 1.62. The first-order valence-corrected chi connectivity index (χ1v) is 8.46. The SMILES string of the molecule is NC(=O)c1cc(OC2CCCN(C(=O)Cc3ccccc3F)C2)ccn1. The van der Waals surface area contributed by atoms with Gasteiger partial charge in [-0.15, -0.1) is 0 Å². The Morgan fingerprint density at radius 1 is 1.31 bits per heavy atom. The number of amides is 2. The molecular formula is C19H20FN3O3. The molecule has 1 aliphatic rings. The number of carbonyl (C=O) groups excluding carboxylic acids is 2. The molecule has 26 heavy (non-hydrogen) atoms. The third kappa shape index (κ3) is 4.36. The number of ether oxygens (including phenoxy) is 1.